The first-order valence-electron chi connectivity index (χ1n) is 10.5. The molecule has 31 heavy (non-hydrogen) atoms. The molecule has 1 atom stereocenters. The topological polar surface area (TPSA) is 71.4 Å². The van der Waals surface area contributed by atoms with Crippen LogP contribution < -0.4 is 5.32 Å². The molecule has 1 N–H and O–H groups in total. The Labute approximate surface area is 184 Å². The van der Waals surface area contributed by atoms with Gasteiger partial charge in [0, 0.05) is 23.0 Å². The molecule has 2 aliphatic rings. The minimum atomic E-state index is -1.22. The normalized spacial score (nSPS) is 19.1. The summed E-state index contributed by atoms with van der Waals surface area (Å²) in [5, 5.41) is 4.22. The highest BCUT2D eigenvalue weighted by atomic mass is 35.5. The van der Waals surface area contributed by atoms with Crippen LogP contribution in [0.1, 0.15) is 46.5 Å². The van der Waals surface area contributed by atoms with Crippen LogP contribution >= 0.6 is 11.6 Å². The van der Waals surface area contributed by atoms with E-state index < -0.39 is 17.9 Å². The number of hydrogen-bond donors (Lipinski definition) is 1. The lowest BCUT2D eigenvalue weighted by molar-refractivity contribution is -0.125. The molecule has 7 heteroatoms. The predicted molar refractivity (Wildman–Crippen MR) is 118 cm³/mol. The van der Waals surface area contributed by atoms with Crippen molar-refractivity contribution in [2.24, 2.45) is 0 Å². The Balaban J connectivity index is 1.58. The van der Waals surface area contributed by atoms with Gasteiger partial charge < -0.3 is 10.2 Å². The Hall–Kier alpha value is -3.12. The number of halogens is 1. The Morgan fingerprint density at radius 1 is 1.03 bits per heavy atom. The average molecular weight is 436 g/mol. The molecule has 0 bridgehead atoms. The van der Waals surface area contributed by atoms with Crippen molar-refractivity contribution in [3.63, 3.8) is 0 Å². The molecule has 1 saturated carbocycles. The molecule has 0 radical (unpaired) electrons. The summed E-state index contributed by atoms with van der Waals surface area (Å²) in [6.45, 7) is 0.177. The molecule has 1 aliphatic carbocycles. The number of carbonyl (C=O) groups excluding carboxylic acids is 3. The number of nitrogens with zero attached hydrogens (tertiary/aromatic N) is 2. The average Bonchev–Trinajstić information content (AvgIpc) is 3.40. The third-order valence-electron chi connectivity index (χ3n) is 6.16. The number of benzene rings is 2. The van der Waals surface area contributed by atoms with Gasteiger partial charge in [-0.05, 0) is 42.7 Å². The second-order valence-corrected chi connectivity index (χ2v) is 8.65. The summed E-state index contributed by atoms with van der Waals surface area (Å²) in [6, 6.07) is 15.0. The summed E-state index contributed by atoms with van der Waals surface area (Å²) in [4.78, 5) is 41.8. The van der Waals surface area contributed by atoms with E-state index in [9.17, 15) is 14.4 Å². The van der Waals surface area contributed by atoms with Crippen molar-refractivity contribution in [2.45, 2.75) is 44.3 Å². The van der Waals surface area contributed by atoms with Crippen LogP contribution in [0, 0.1) is 0 Å². The third-order valence-corrected chi connectivity index (χ3v) is 6.39. The fourth-order valence-corrected chi connectivity index (χ4v) is 4.83. The van der Waals surface area contributed by atoms with Crippen LogP contribution in [0.2, 0.25) is 5.02 Å². The van der Waals surface area contributed by atoms with Gasteiger partial charge in [0.1, 0.15) is 5.69 Å². The van der Waals surface area contributed by atoms with Crippen molar-refractivity contribution < 1.29 is 14.4 Å². The fraction of sp³-hybridized carbons (Fsp3) is 0.292. The molecule has 5 rings (SSSR count). The molecule has 1 fully saturated rings. The fourth-order valence-electron chi connectivity index (χ4n) is 4.65. The molecule has 0 spiro atoms. The van der Waals surface area contributed by atoms with Gasteiger partial charge in [-0.25, -0.2) is 0 Å². The summed E-state index contributed by atoms with van der Waals surface area (Å²) in [5.74, 6) is -1.18. The second-order valence-electron chi connectivity index (χ2n) is 8.22. The molecular formula is C24H22ClN3O3. The van der Waals surface area contributed by atoms with Gasteiger partial charge >= 0.3 is 0 Å². The number of carbonyl (C=O) groups is 3. The van der Waals surface area contributed by atoms with Crippen LogP contribution in [-0.4, -0.2) is 39.3 Å². The molecule has 158 valence electrons. The van der Waals surface area contributed by atoms with Crippen molar-refractivity contribution in [1.82, 2.24) is 14.8 Å². The predicted octanol–water partition coefficient (Wildman–Crippen LogP) is 4.02. The van der Waals surface area contributed by atoms with E-state index in [1.165, 1.54) is 9.47 Å². The Bertz CT molecular complexity index is 1180. The lowest BCUT2D eigenvalue weighted by Crippen LogP contribution is -2.59. The largest absolute Gasteiger partial charge is 0.351 e. The zero-order valence-corrected chi connectivity index (χ0v) is 17.6. The van der Waals surface area contributed by atoms with Gasteiger partial charge in [-0.1, -0.05) is 54.8 Å². The van der Waals surface area contributed by atoms with E-state index in [1.807, 2.05) is 30.3 Å². The minimum absolute atomic E-state index is 0.0515. The molecule has 6 nitrogen and oxygen atoms in total. The van der Waals surface area contributed by atoms with Crippen LogP contribution in [0.3, 0.4) is 0 Å². The van der Waals surface area contributed by atoms with Crippen molar-refractivity contribution in [2.75, 3.05) is 0 Å². The third kappa shape index (κ3) is 3.51. The van der Waals surface area contributed by atoms with Crippen LogP contribution in [0.5, 0.6) is 0 Å². The van der Waals surface area contributed by atoms with Crippen molar-refractivity contribution in [3.05, 3.63) is 70.9 Å². The Morgan fingerprint density at radius 3 is 2.52 bits per heavy atom. The maximum atomic E-state index is 13.6. The first-order valence-corrected chi connectivity index (χ1v) is 10.9. The van der Waals surface area contributed by atoms with Gasteiger partial charge in [0.2, 0.25) is 0 Å². The lowest BCUT2D eigenvalue weighted by Gasteiger charge is -2.35. The lowest BCUT2D eigenvalue weighted by atomic mass is 10.1. The number of aromatic nitrogens is 1. The monoisotopic (exact) mass is 435 g/mol. The van der Waals surface area contributed by atoms with Crippen LogP contribution in [-0.2, 0) is 11.3 Å². The first-order chi connectivity index (χ1) is 15.0. The summed E-state index contributed by atoms with van der Waals surface area (Å²) in [6.07, 6.45) is 3.91. The summed E-state index contributed by atoms with van der Waals surface area (Å²) in [5.41, 5.74) is 1.69. The summed E-state index contributed by atoms with van der Waals surface area (Å²) in [7, 11) is 0. The molecule has 1 unspecified atom stereocenters. The van der Waals surface area contributed by atoms with Gasteiger partial charge in [0.25, 0.3) is 17.7 Å². The summed E-state index contributed by atoms with van der Waals surface area (Å²) < 4.78 is 1.37. The van der Waals surface area contributed by atoms with Crippen LogP contribution in [0.4, 0.5) is 0 Å². The molecule has 1 aromatic heterocycles. The number of fused-ring (bicyclic) bond motifs is 3. The SMILES string of the molecule is O=C(NC1CCCC1)C1C(=O)n2c(cc3cc(Cl)ccc32)C(=O)N1Cc1ccccc1. The van der Waals surface area contributed by atoms with E-state index in [2.05, 4.69) is 5.32 Å². The highest BCUT2D eigenvalue weighted by molar-refractivity contribution is 6.31. The number of amides is 2. The number of nitrogens with one attached hydrogen (secondary N) is 1. The smallest absolute Gasteiger partial charge is 0.272 e. The zero-order valence-electron chi connectivity index (χ0n) is 16.9. The number of hydrogen-bond acceptors (Lipinski definition) is 3. The summed E-state index contributed by atoms with van der Waals surface area (Å²) >= 11 is 6.11. The Morgan fingerprint density at radius 2 is 1.77 bits per heavy atom. The standard InChI is InChI=1S/C24H22ClN3O3/c25-17-10-11-19-16(12-17)13-20-23(30)27(14-15-6-2-1-3-7-15)21(24(31)28(19)20)22(29)26-18-8-4-5-9-18/h1-3,6-7,10-13,18,21H,4-5,8-9,14H2,(H,26,29). The van der Waals surface area contributed by atoms with Crippen molar-refractivity contribution in [1.29, 1.82) is 0 Å². The van der Waals surface area contributed by atoms with Gasteiger partial charge in [-0.3, -0.25) is 19.0 Å². The molecule has 2 heterocycles. The van der Waals surface area contributed by atoms with Crippen LogP contribution in [0.25, 0.3) is 10.9 Å². The molecule has 1 aliphatic heterocycles. The maximum absolute atomic E-state index is 13.6. The van der Waals surface area contributed by atoms with E-state index in [1.54, 1.807) is 24.3 Å². The zero-order chi connectivity index (χ0) is 21.5. The van der Waals surface area contributed by atoms with Gasteiger partial charge in [-0.2, -0.15) is 0 Å². The van der Waals surface area contributed by atoms with E-state index in [-0.39, 0.29) is 24.2 Å². The van der Waals surface area contributed by atoms with Crippen molar-refractivity contribution >= 4 is 40.2 Å². The van der Waals surface area contributed by atoms with E-state index in [0.717, 1.165) is 31.2 Å². The van der Waals surface area contributed by atoms with E-state index in [4.69, 9.17) is 11.6 Å². The van der Waals surface area contributed by atoms with Gasteiger partial charge in [0.15, 0.2) is 6.04 Å². The van der Waals surface area contributed by atoms with Crippen LogP contribution in [0.15, 0.2) is 54.6 Å². The van der Waals surface area contributed by atoms with Gasteiger partial charge in [0.05, 0.1) is 5.52 Å². The molecular weight excluding hydrogens is 414 g/mol. The Kier molecular flexibility index (Phi) is 5.02. The number of rotatable bonds is 4. The van der Waals surface area contributed by atoms with E-state index >= 15 is 0 Å². The highest BCUT2D eigenvalue weighted by Crippen LogP contribution is 2.30. The minimum Gasteiger partial charge on any atom is -0.351 e. The second kappa shape index (κ2) is 7.85. The van der Waals surface area contributed by atoms with Gasteiger partial charge in [-0.15, -0.1) is 0 Å². The maximum Gasteiger partial charge on any atom is 0.272 e. The molecule has 3 aromatic rings. The van der Waals surface area contributed by atoms with Crippen molar-refractivity contribution in [3.8, 4) is 0 Å². The molecule has 0 saturated heterocycles. The highest BCUT2D eigenvalue weighted by Gasteiger charge is 2.44. The first kappa shape index (κ1) is 19.8. The molecule has 2 aromatic carbocycles. The quantitative estimate of drug-likeness (QED) is 0.629. The van der Waals surface area contributed by atoms with E-state index in [0.29, 0.717) is 15.9 Å². The molecule has 2 amide bonds.